The van der Waals surface area contributed by atoms with Gasteiger partial charge in [0.1, 0.15) is 0 Å². The topological polar surface area (TPSA) is 30.9 Å². The van der Waals surface area contributed by atoms with Crippen molar-refractivity contribution in [2.75, 3.05) is 39.5 Å². The Hall–Kier alpha value is -0.160. The maximum absolute atomic E-state index is 5.81. The fourth-order valence-corrected chi connectivity index (χ4v) is 3.20. The molecule has 4 heteroatoms. The van der Waals surface area contributed by atoms with Crippen molar-refractivity contribution >= 4 is 0 Å². The van der Waals surface area contributed by atoms with E-state index in [-0.39, 0.29) is 5.79 Å². The lowest BCUT2D eigenvalue weighted by atomic mass is 10.0. The average molecular weight is 241 g/mol. The summed E-state index contributed by atoms with van der Waals surface area (Å²) in [6.45, 7) is 5.59. The van der Waals surface area contributed by atoms with Crippen LogP contribution < -0.4 is 0 Å². The summed E-state index contributed by atoms with van der Waals surface area (Å²) in [5, 5.41) is 0. The van der Waals surface area contributed by atoms with Gasteiger partial charge in [-0.05, 0) is 32.2 Å². The summed E-state index contributed by atoms with van der Waals surface area (Å²) in [5.74, 6) is -0.285. The Bertz CT molecular complexity index is 247. The first-order valence-electron chi connectivity index (χ1n) is 6.98. The van der Waals surface area contributed by atoms with Crippen molar-refractivity contribution < 1.29 is 14.2 Å². The summed E-state index contributed by atoms with van der Waals surface area (Å²) in [7, 11) is 0. The molecule has 0 aliphatic carbocycles. The third-order valence-corrected chi connectivity index (χ3v) is 4.05. The molecule has 3 fully saturated rings. The van der Waals surface area contributed by atoms with Gasteiger partial charge < -0.3 is 14.2 Å². The molecule has 0 N–H and O–H groups in total. The quantitative estimate of drug-likeness (QED) is 0.731. The van der Waals surface area contributed by atoms with Crippen molar-refractivity contribution in [3.8, 4) is 0 Å². The molecular weight excluding hydrogens is 218 g/mol. The first kappa shape index (κ1) is 11.9. The maximum Gasteiger partial charge on any atom is 0.181 e. The minimum atomic E-state index is -0.285. The molecule has 3 saturated heterocycles. The lowest BCUT2D eigenvalue weighted by molar-refractivity contribution is -0.192. The number of hydrogen-bond acceptors (Lipinski definition) is 4. The van der Waals surface area contributed by atoms with Gasteiger partial charge in [-0.1, -0.05) is 0 Å². The SMILES string of the molecule is C1CCC(CN2CCCC3(C2)OCCO3)OC1. The van der Waals surface area contributed by atoms with Crippen LogP contribution in [0.1, 0.15) is 32.1 Å². The molecule has 98 valence electrons. The van der Waals surface area contributed by atoms with E-state index in [1.807, 2.05) is 0 Å². The zero-order valence-electron chi connectivity index (χ0n) is 10.5. The Morgan fingerprint density at radius 3 is 2.71 bits per heavy atom. The van der Waals surface area contributed by atoms with E-state index in [4.69, 9.17) is 14.2 Å². The molecule has 1 unspecified atom stereocenters. The Balaban J connectivity index is 1.52. The Labute approximate surface area is 103 Å². The van der Waals surface area contributed by atoms with Gasteiger partial charge in [-0.15, -0.1) is 0 Å². The number of piperidine rings is 1. The molecule has 0 aromatic carbocycles. The lowest BCUT2D eigenvalue weighted by Gasteiger charge is -2.40. The fraction of sp³-hybridized carbons (Fsp3) is 1.00. The predicted octanol–water partition coefficient (Wildman–Crippen LogP) is 1.39. The number of ether oxygens (including phenoxy) is 3. The second-order valence-corrected chi connectivity index (χ2v) is 5.43. The van der Waals surface area contributed by atoms with E-state index in [1.54, 1.807) is 0 Å². The molecule has 0 aromatic heterocycles. The Kier molecular flexibility index (Phi) is 3.66. The first-order valence-corrected chi connectivity index (χ1v) is 6.98. The number of nitrogens with zero attached hydrogens (tertiary/aromatic N) is 1. The largest absolute Gasteiger partial charge is 0.377 e. The molecule has 17 heavy (non-hydrogen) atoms. The molecule has 0 bridgehead atoms. The van der Waals surface area contributed by atoms with Gasteiger partial charge in [-0.3, -0.25) is 4.90 Å². The highest BCUT2D eigenvalue weighted by Crippen LogP contribution is 2.30. The van der Waals surface area contributed by atoms with E-state index >= 15 is 0 Å². The van der Waals surface area contributed by atoms with Crippen molar-refractivity contribution in [1.29, 1.82) is 0 Å². The standard InChI is InChI=1S/C13H23NO3/c1-2-7-15-12(4-1)10-14-6-3-5-13(11-14)16-8-9-17-13/h12H,1-11H2. The number of hydrogen-bond donors (Lipinski definition) is 0. The predicted molar refractivity (Wildman–Crippen MR) is 63.9 cm³/mol. The monoisotopic (exact) mass is 241 g/mol. The van der Waals surface area contributed by atoms with Crippen LogP contribution in [0.3, 0.4) is 0 Å². The van der Waals surface area contributed by atoms with Gasteiger partial charge in [0.2, 0.25) is 0 Å². The summed E-state index contributed by atoms with van der Waals surface area (Å²) in [6, 6.07) is 0. The molecule has 0 radical (unpaired) electrons. The molecule has 3 aliphatic heterocycles. The van der Waals surface area contributed by atoms with Crippen molar-refractivity contribution in [2.45, 2.75) is 44.0 Å². The second-order valence-electron chi connectivity index (χ2n) is 5.43. The Morgan fingerprint density at radius 1 is 1.06 bits per heavy atom. The number of rotatable bonds is 2. The smallest absolute Gasteiger partial charge is 0.181 e. The summed E-state index contributed by atoms with van der Waals surface area (Å²) in [5.41, 5.74) is 0. The van der Waals surface area contributed by atoms with Crippen LogP contribution in [-0.4, -0.2) is 56.2 Å². The summed E-state index contributed by atoms with van der Waals surface area (Å²) >= 11 is 0. The van der Waals surface area contributed by atoms with Gasteiger partial charge in [-0.2, -0.15) is 0 Å². The zero-order valence-corrected chi connectivity index (χ0v) is 10.5. The third kappa shape index (κ3) is 2.81. The van der Waals surface area contributed by atoms with E-state index < -0.39 is 0 Å². The van der Waals surface area contributed by atoms with Crippen LogP contribution in [0.2, 0.25) is 0 Å². The van der Waals surface area contributed by atoms with Crippen molar-refractivity contribution in [1.82, 2.24) is 4.90 Å². The summed E-state index contributed by atoms with van der Waals surface area (Å²) in [6.07, 6.45) is 6.41. The fourth-order valence-electron chi connectivity index (χ4n) is 3.20. The van der Waals surface area contributed by atoms with Crippen LogP contribution >= 0.6 is 0 Å². The van der Waals surface area contributed by atoms with Crippen molar-refractivity contribution in [2.24, 2.45) is 0 Å². The Morgan fingerprint density at radius 2 is 1.94 bits per heavy atom. The minimum Gasteiger partial charge on any atom is -0.377 e. The van der Waals surface area contributed by atoms with Gasteiger partial charge >= 0.3 is 0 Å². The highest BCUT2D eigenvalue weighted by molar-refractivity contribution is 4.85. The van der Waals surface area contributed by atoms with Gasteiger partial charge in [0.05, 0.1) is 25.9 Å². The summed E-state index contributed by atoms with van der Waals surface area (Å²) < 4.78 is 17.4. The van der Waals surface area contributed by atoms with Gasteiger partial charge in [0.15, 0.2) is 5.79 Å². The van der Waals surface area contributed by atoms with E-state index in [0.29, 0.717) is 6.10 Å². The normalized spacial score (nSPS) is 34.2. The summed E-state index contributed by atoms with van der Waals surface area (Å²) in [4.78, 5) is 2.46. The molecule has 0 saturated carbocycles. The molecule has 0 amide bonds. The molecule has 1 spiro atoms. The van der Waals surface area contributed by atoms with E-state index in [2.05, 4.69) is 4.90 Å². The minimum absolute atomic E-state index is 0.285. The van der Waals surface area contributed by atoms with Crippen LogP contribution in [0.25, 0.3) is 0 Å². The highest BCUT2D eigenvalue weighted by atomic mass is 16.7. The van der Waals surface area contributed by atoms with Gasteiger partial charge in [0.25, 0.3) is 0 Å². The van der Waals surface area contributed by atoms with E-state index in [1.165, 1.54) is 25.7 Å². The van der Waals surface area contributed by atoms with Crippen LogP contribution in [-0.2, 0) is 14.2 Å². The molecule has 0 aromatic rings. The first-order chi connectivity index (χ1) is 8.36. The van der Waals surface area contributed by atoms with Gasteiger partial charge in [0, 0.05) is 19.6 Å². The van der Waals surface area contributed by atoms with E-state index in [9.17, 15) is 0 Å². The van der Waals surface area contributed by atoms with Crippen LogP contribution in [0.5, 0.6) is 0 Å². The maximum atomic E-state index is 5.81. The van der Waals surface area contributed by atoms with Crippen LogP contribution in [0, 0.1) is 0 Å². The molecule has 1 atom stereocenters. The van der Waals surface area contributed by atoms with Crippen LogP contribution in [0.4, 0.5) is 0 Å². The zero-order chi connectivity index (χ0) is 11.6. The molecule has 3 aliphatic rings. The van der Waals surface area contributed by atoms with Crippen molar-refractivity contribution in [3.63, 3.8) is 0 Å². The van der Waals surface area contributed by atoms with Crippen molar-refractivity contribution in [3.05, 3.63) is 0 Å². The van der Waals surface area contributed by atoms with Crippen LogP contribution in [0.15, 0.2) is 0 Å². The third-order valence-electron chi connectivity index (χ3n) is 4.05. The molecule has 3 heterocycles. The molecular formula is C13H23NO3. The average Bonchev–Trinajstić information content (AvgIpc) is 2.79. The van der Waals surface area contributed by atoms with Gasteiger partial charge in [-0.25, -0.2) is 0 Å². The lowest BCUT2D eigenvalue weighted by Crippen LogP contribution is -2.51. The highest BCUT2D eigenvalue weighted by Gasteiger charge is 2.41. The molecule has 3 rings (SSSR count). The second kappa shape index (κ2) is 5.22. The number of likely N-dealkylation sites (tertiary alicyclic amines) is 1. The molecule has 4 nitrogen and oxygen atoms in total. The van der Waals surface area contributed by atoms with E-state index in [0.717, 1.165) is 45.9 Å².